The molecule has 2 amide bonds. The molecule has 0 radical (unpaired) electrons. The number of amides is 2. The van der Waals surface area contributed by atoms with Crippen molar-refractivity contribution < 1.29 is 18.9 Å². The lowest BCUT2D eigenvalue weighted by Crippen LogP contribution is -2.41. The molecule has 186 valence electrons. The van der Waals surface area contributed by atoms with E-state index in [1.165, 1.54) is 24.4 Å². The first-order valence-corrected chi connectivity index (χ1v) is 12.5. The molecular weight excluding hydrogens is 506 g/mol. The summed E-state index contributed by atoms with van der Waals surface area (Å²) >= 11 is 6.22. The van der Waals surface area contributed by atoms with E-state index >= 15 is 0 Å². The molecule has 2 heterocycles. The van der Waals surface area contributed by atoms with Gasteiger partial charge in [0.1, 0.15) is 11.5 Å². The number of hydrogen-bond acceptors (Lipinski definition) is 6. The predicted molar refractivity (Wildman–Crippen MR) is 139 cm³/mol. The molecular formula is C29H18ClN3O5. The van der Waals surface area contributed by atoms with E-state index in [1.54, 1.807) is 12.1 Å². The normalized spacial score (nSPS) is 23.0. The zero-order valence-electron chi connectivity index (χ0n) is 19.7. The zero-order valence-corrected chi connectivity index (χ0v) is 20.4. The minimum atomic E-state index is -0.527. The van der Waals surface area contributed by atoms with E-state index in [4.69, 9.17) is 16.0 Å². The minimum Gasteiger partial charge on any atom is -0.455 e. The van der Waals surface area contributed by atoms with E-state index in [2.05, 4.69) is 29.4 Å². The fourth-order valence-electron chi connectivity index (χ4n) is 6.27. The highest BCUT2D eigenvalue weighted by Gasteiger charge is 2.61. The van der Waals surface area contributed by atoms with Crippen molar-refractivity contribution in [3.8, 4) is 11.3 Å². The lowest BCUT2D eigenvalue weighted by molar-refractivity contribution is -0.384. The fraction of sp³-hybridized carbons (Fsp3) is 0.138. The summed E-state index contributed by atoms with van der Waals surface area (Å²) in [6, 6.07) is 23.5. The second-order valence-corrected chi connectivity index (χ2v) is 10.0. The molecule has 1 saturated heterocycles. The van der Waals surface area contributed by atoms with E-state index in [-0.39, 0.29) is 34.4 Å². The van der Waals surface area contributed by atoms with Crippen LogP contribution in [0.4, 0.5) is 5.69 Å². The molecule has 3 aliphatic carbocycles. The van der Waals surface area contributed by atoms with Crippen LogP contribution in [-0.2, 0) is 9.59 Å². The Bertz CT molecular complexity index is 1590. The lowest BCUT2D eigenvalue weighted by atomic mass is 9.55. The second-order valence-electron chi connectivity index (χ2n) is 9.62. The zero-order chi connectivity index (χ0) is 26.1. The molecule has 0 saturated carbocycles. The maximum Gasteiger partial charge on any atom is 0.270 e. The average Bonchev–Trinajstić information content (AvgIpc) is 3.50. The quantitative estimate of drug-likeness (QED) is 0.147. The summed E-state index contributed by atoms with van der Waals surface area (Å²) in [6.45, 7) is 0. The van der Waals surface area contributed by atoms with Gasteiger partial charge in [-0.25, -0.2) is 0 Å². The van der Waals surface area contributed by atoms with E-state index in [0.29, 0.717) is 17.1 Å². The molecule has 3 aromatic carbocycles. The molecule has 1 fully saturated rings. The number of nitrogens with zero attached hydrogens (tertiary/aromatic N) is 3. The highest BCUT2D eigenvalue weighted by atomic mass is 35.5. The number of halogens is 1. The molecule has 4 aromatic rings. The van der Waals surface area contributed by atoms with Crippen LogP contribution in [-0.4, -0.2) is 28.0 Å². The van der Waals surface area contributed by atoms with Crippen molar-refractivity contribution in [1.82, 2.24) is 5.01 Å². The highest BCUT2D eigenvalue weighted by Crippen LogP contribution is 2.60. The number of furan rings is 1. The molecule has 8 nitrogen and oxygen atoms in total. The molecule has 2 bridgehead atoms. The molecule has 38 heavy (non-hydrogen) atoms. The van der Waals surface area contributed by atoms with Crippen molar-refractivity contribution in [2.45, 2.75) is 11.8 Å². The van der Waals surface area contributed by atoms with Crippen LogP contribution in [0, 0.1) is 22.0 Å². The maximum atomic E-state index is 13.6. The first-order chi connectivity index (χ1) is 18.4. The molecule has 4 aliphatic rings. The Hall–Kier alpha value is -4.56. The number of nitro benzene ring substituents is 1. The van der Waals surface area contributed by atoms with Gasteiger partial charge in [-0.15, -0.1) is 0 Å². The lowest BCUT2D eigenvalue weighted by Gasteiger charge is -2.45. The first kappa shape index (κ1) is 22.6. The molecule has 1 aromatic heterocycles. The summed E-state index contributed by atoms with van der Waals surface area (Å²) in [7, 11) is 0. The van der Waals surface area contributed by atoms with Crippen LogP contribution in [0.1, 0.15) is 39.8 Å². The van der Waals surface area contributed by atoms with E-state index in [1.807, 2.05) is 24.3 Å². The smallest absolute Gasteiger partial charge is 0.270 e. The summed E-state index contributed by atoms with van der Waals surface area (Å²) < 4.78 is 5.80. The average molecular weight is 524 g/mol. The molecule has 0 spiro atoms. The van der Waals surface area contributed by atoms with Crippen molar-refractivity contribution in [2.75, 3.05) is 0 Å². The van der Waals surface area contributed by atoms with E-state index in [9.17, 15) is 19.7 Å². The van der Waals surface area contributed by atoms with Crippen molar-refractivity contribution in [2.24, 2.45) is 16.9 Å². The summed E-state index contributed by atoms with van der Waals surface area (Å²) in [5.74, 6) is -1.38. The standard InChI is InChI=1S/C29H18ClN3O5/c30-22-13-15(33(36)37)9-11-21(22)23-12-10-16(38-23)14-31-32-28(34)26-24-17-5-1-2-6-18(17)25(27(26)29(32)35)20-8-4-3-7-19(20)24/h1-14,24-27H/b31-14-/t24?,25?,26-,27-/m1/s1. The molecule has 9 heteroatoms. The first-order valence-electron chi connectivity index (χ1n) is 12.1. The number of imide groups is 1. The number of benzene rings is 3. The maximum absolute atomic E-state index is 13.6. The number of nitro groups is 1. The Kier molecular flexibility index (Phi) is 4.90. The fourth-order valence-corrected chi connectivity index (χ4v) is 6.54. The van der Waals surface area contributed by atoms with Crippen molar-refractivity contribution in [1.29, 1.82) is 0 Å². The van der Waals surface area contributed by atoms with Gasteiger partial charge in [-0.2, -0.15) is 10.1 Å². The Morgan fingerprint density at radius 2 is 1.39 bits per heavy atom. The van der Waals surface area contributed by atoms with Crippen molar-refractivity contribution >= 4 is 35.3 Å². The largest absolute Gasteiger partial charge is 0.455 e. The number of carbonyl (C=O) groups excluding carboxylic acids is 2. The van der Waals surface area contributed by atoms with Gasteiger partial charge in [0.05, 0.1) is 28.0 Å². The number of rotatable bonds is 4. The Morgan fingerprint density at radius 3 is 1.89 bits per heavy atom. The molecule has 8 rings (SSSR count). The highest BCUT2D eigenvalue weighted by molar-refractivity contribution is 6.33. The third-order valence-corrected chi connectivity index (χ3v) is 8.09. The third kappa shape index (κ3) is 3.13. The summed E-state index contributed by atoms with van der Waals surface area (Å²) in [5, 5.41) is 16.4. The van der Waals surface area contributed by atoms with Gasteiger partial charge < -0.3 is 4.42 Å². The second kappa shape index (κ2) is 8.22. The number of carbonyl (C=O) groups is 2. The molecule has 2 atom stereocenters. The van der Waals surface area contributed by atoms with Crippen LogP contribution in [0.25, 0.3) is 11.3 Å². The SMILES string of the molecule is O=C1[C@@H]2C3c4ccccc4C(c4ccccc43)[C@H]2C(=O)N1/N=C\c1ccc(-c2ccc([N+](=O)[O-])cc2Cl)o1. The predicted octanol–water partition coefficient (Wildman–Crippen LogP) is 5.73. The van der Waals surface area contributed by atoms with Crippen LogP contribution < -0.4 is 0 Å². The molecule has 0 N–H and O–H groups in total. The van der Waals surface area contributed by atoms with Crippen LogP contribution in [0.15, 0.2) is 88.4 Å². The topological polar surface area (TPSA) is 106 Å². The molecule has 0 unspecified atom stereocenters. The van der Waals surface area contributed by atoms with Gasteiger partial charge in [-0.05, 0) is 40.5 Å². The van der Waals surface area contributed by atoms with Crippen LogP contribution >= 0.6 is 11.6 Å². The van der Waals surface area contributed by atoms with Gasteiger partial charge >= 0.3 is 0 Å². The van der Waals surface area contributed by atoms with Gasteiger partial charge in [-0.1, -0.05) is 60.1 Å². The minimum absolute atomic E-state index is 0.127. The van der Waals surface area contributed by atoms with Crippen LogP contribution in [0.5, 0.6) is 0 Å². The summed E-state index contributed by atoms with van der Waals surface area (Å²) in [6.07, 6.45) is 1.33. The van der Waals surface area contributed by atoms with Crippen LogP contribution in [0.2, 0.25) is 5.02 Å². The van der Waals surface area contributed by atoms with Crippen molar-refractivity contribution in [3.05, 3.63) is 122 Å². The number of hydrazone groups is 1. The Morgan fingerprint density at radius 1 is 0.842 bits per heavy atom. The Balaban J connectivity index is 1.21. The number of hydrogen-bond donors (Lipinski definition) is 0. The van der Waals surface area contributed by atoms with Gasteiger partial charge in [0, 0.05) is 29.5 Å². The summed E-state index contributed by atoms with van der Waals surface area (Å²) in [5.41, 5.74) is 4.74. The van der Waals surface area contributed by atoms with Crippen LogP contribution in [0.3, 0.4) is 0 Å². The number of non-ortho nitro benzene ring substituents is 1. The van der Waals surface area contributed by atoms with Crippen molar-refractivity contribution in [3.63, 3.8) is 0 Å². The monoisotopic (exact) mass is 523 g/mol. The van der Waals surface area contributed by atoms with E-state index in [0.717, 1.165) is 27.3 Å². The molecule has 1 aliphatic heterocycles. The van der Waals surface area contributed by atoms with Gasteiger partial charge in [0.25, 0.3) is 17.5 Å². The van der Waals surface area contributed by atoms with Gasteiger partial charge in [0.15, 0.2) is 0 Å². The Labute approximate surface area is 221 Å². The van der Waals surface area contributed by atoms with Gasteiger partial charge in [-0.3, -0.25) is 19.7 Å². The van der Waals surface area contributed by atoms with Gasteiger partial charge in [0.2, 0.25) is 0 Å². The van der Waals surface area contributed by atoms with E-state index < -0.39 is 16.8 Å². The third-order valence-electron chi connectivity index (χ3n) is 7.78. The summed E-state index contributed by atoms with van der Waals surface area (Å²) in [4.78, 5) is 37.7.